The molecule has 0 aliphatic heterocycles. The molecule has 1 atom stereocenters. The molecule has 0 spiro atoms. The number of aliphatic carboxylic acids is 1. The molecule has 0 saturated heterocycles. The van der Waals surface area contributed by atoms with Crippen LogP contribution in [0.1, 0.15) is 24.2 Å². The van der Waals surface area contributed by atoms with Crippen molar-refractivity contribution >= 4 is 11.9 Å². The van der Waals surface area contributed by atoms with E-state index in [-0.39, 0.29) is 17.8 Å². The number of hydrogen-bond acceptors (Lipinski definition) is 5. The molecule has 0 fully saturated rings. The van der Waals surface area contributed by atoms with Gasteiger partial charge in [0.15, 0.2) is 18.1 Å². The molecule has 0 aliphatic rings. The van der Waals surface area contributed by atoms with Crippen molar-refractivity contribution in [1.82, 2.24) is 5.32 Å². The third-order valence-corrected chi connectivity index (χ3v) is 3.49. The fourth-order valence-electron chi connectivity index (χ4n) is 2.29. The van der Waals surface area contributed by atoms with Gasteiger partial charge >= 0.3 is 5.97 Å². The highest BCUT2D eigenvalue weighted by molar-refractivity contribution is 5.94. The average molecular weight is 373 g/mol. The van der Waals surface area contributed by atoms with E-state index in [1.54, 1.807) is 13.0 Å². The standard InChI is InChI=1S/C20H23NO6/c1-3-25-18-11-15(9-10-17(18)26-13-19(22)23)20(24)21-12-14(2)27-16-7-5-4-6-8-16/h4-11,14H,3,12-13H2,1-2H3,(H,21,24)(H,22,23). The van der Waals surface area contributed by atoms with Crippen molar-refractivity contribution < 1.29 is 28.9 Å². The Labute approximate surface area is 157 Å². The fraction of sp³-hybridized carbons (Fsp3) is 0.300. The van der Waals surface area contributed by atoms with E-state index in [1.165, 1.54) is 12.1 Å². The molecule has 0 radical (unpaired) electrons. The molecule has 2 aromatic rings. The number of amides is 1. The topological polar surface area (TPSA) is 94.1 Å². The van der Waals surface area contributed by atoms with Gasteiger partial charge in [0.05, 0.1) is 13.2 Å². The molecule has 1 amide bonds. The second kappa shape index (κ2) is 10.1. The maximum atomic E-state index is 12.4. The summed E-state index contributed by atoms with van der Waals surface area (Å²) in [6, 6.07) is 14.0. The SMILES string of the molecule is CCOc1cc(C(=O)NCC(C)Oc2ccccc2)ccc1OCC(=O)O. The molecule has 0 saturated carbocycles. The zero-order chi connectivity index (χ0) is 19.6. The number of carboxylic acids is 1. The van der Waals surface area contributed by atoms with Crippen LogP contribution in [0.5, 0.6) is 17.2 Å². The van der Waals surface area contributed by atoms with Crippen LogP contribution < -0.4 is 19.5 Å². The summed E-state index contributed by atoms with van der Waals surface area (Å²) >= 11 is 0. The van der Waals surface area contributed by atoms with E-state index in [4.69, 9.17) is 19.3 Å². The summed E-state index contributed by atoms with van der Waals surface area (Å²) < 4.78 is 16.3. The minimum atomic E-state index is -1.09. The Kier molecular flexibility index (Phi) is 7.49. The van der Waals surface area contributed by atoms with Gasteiger partial charge in [-0.15, -0.1) is 0 Å². The minimum Gasteiger partial charge on any atom is -0.490 e. The van der Waals surface area contributed by atoms with Crippen molar-refractivity contribution in [3.8, 4) is 17.2 Å². The molecule has 7 heteroatoms. The van der Waals surface area contributed by atoms with E-state index in [0.29, 0.717) is 24.5 Å². The number of ether oxygens (including phenoxy) is 3. The molecule has 144 valence electrons. The highest BCUT2D eigenvalue weighted by Gasteiger charge is 2.14. The summed E-state index contributed by atoms with van der Waals surface area (Å²) in [5.74, 6) is -0.0507. The molecular weight excluding hydrogens is 350 g/mol. The first-order chi connectivity index (χ1) is 13.0. The van der Waals surface area contributed by atoms with Gasteiger partial charge in [-0.05, 0) is 44.2 Å². The molecule has 27 heavy (non-hydrogen) atoms. The smallest absolute Gasteiger partial charge is 0.341 e. The van der Waals surface area contributed by atoms with Crippen molar-refractivity contribution in [1.29, 1.82) is 0 Å². The van der Waals surface area contributed by atoms with Gasteiger partial charge in [-0.25, -0.2) is 4.79 Å². The normalized spacial score (nSPS) is 11.3. The number of carbonyl (C=O) groups is 2. The Hall–Kier alpha value is -3.22. The molecular formula is C20H23NO6. The third kappa shape index (κ3) is 6.54. The lowest BCUT2D eigenvalue weighted by Gasteiger charge is -2.16. The van der Waals surface area contributed by atoms with E-state index in [1.807, 2.05) is 37.3 Å². The van der Waals surface area contributed by atoms with Gasteiger partial charge < -0.3 is 24.6 Å². The van der Waals surface area contributed by atoms with Crippen LogP contribution >= 0.6 is 0 Å². The second-order valence-electron chi connectivity index (χ2n) is 5.73. The fourth-order valence-corrected chi connectivity index (χ4v) is 2.29. The Balaban J connectivity index is 1.96. The zero-order valence-corrected chi connectivity index (χ0v) is 15.3. The first-order valence-corrected chi connectivity index (χ1v) is 8.61. The average Bonchev–Trinajstić information content (AvgIpc) is 2.66. The van der Waals surface area contributed by atoms with Crippen molar-refractivity contribution in [3.63, 3.8) is 0 Å². The van der Waals surface area contributed by atoms with Gasteiger partial charge in [0.2, 0.25) is 0 Å². The van der Waals surface area contributed by atoms with Gasteiger partial charge in [0, 0.05) is 5.56 Å². The van der Waals surface area contributed by atoms with Gasteiger partial charge in [0.1, 0.15) is 11.9 Å². The first-order valence-electron chi connectivity index (χ1n) is 8.61. The Morgan fingerprint density at radius 3 is 2.48 bits per heavy atom. The monoisotopic (exact) mass is 373 g/mol. The summed E-state index contributed by atoms with van der Waals surface area (Å²) in [7, 11) is 0. The van der Waals surface area contributed by atoms with Crippen LogP contribution in [0.15, 0.2) is 48.5 Å². The van der Waals surface area contributed by atoms with Crippen LogP contribution in [0.4, 0.5) is 0 Å². The zero-order valence-electron chi connectivity index (χ0n) is 15.3. The van der Waals surface area contributed by atoms with Crippen LogP contribution in [-0.2, 0) is 4.79 Å². The van der Waals surface area contributed by atoms with Crippen LogP contribution in [0.25, 0.3) is 0 Å². The quantitative estimate of drug-likeness (QED) is 0.665. The van der Waals surface area contributed by atoms with Crippen molar-refractivity contribution in [2.24, 2.45) is 0 Å². The Morgan fingerprint density at radius 1 is 1.07 bits per heavy atom. The molecule has 2 N–H and O–H groups in total. The predicted octanol–water partition coefficient (Wildman–Crippen LogP) is 2.75. The van der Waals surface area contributed by atoms with E-state index in [2.05, 4.69) is 5.32 Å². The summed E-state index contributed by atoms with van der Waals surface area (Å²) in [6.07, 6.45) is -0.208. The molecule has 7 nitrogen and oxygen atoms in total. The van der Waals surface area contributed by atoms with E-state index >= 15 is 0 Å². The number of benzene rings is 2. The largest absolute Gasteiger partial charge is 0.490 e. The van der Waals surface area contributed by atoms with Crippen LogP contribution in [-0.4, -0.2) is 42.8 Å². The van der Waals surface area contributed by atoms with Crippen LogP contribution in [0.2, 0.25) is 0 Å². The summed E-state index contributed by atoms with van der Waals surface area (Å²) in [4.78, 5) is 23.0. The van der Waals surface area contributed by atoms with E-state index < -0.39 is 12.6 Å². The number of carbonyl (C=O) groups excluding carboxylic acids is 1. The van der Waals surface area contributed by atoms with Gasteiger partial charge in [0.25, 0.3) is 5.91 Å². The summed E-state index contributed by atoms with van der Waals surface area (Å²) in [6.45, 7) is 3.85. The molecule has 1 unspecified atom stereocenters. The number of nitrogens with one attached hydrogen (secondary N) is 1. The summed E-state index contributed by atoms with van der Waals surface area (Å²) in [5.41, 5.74) is 0.382. The molecule has 2 rings (SSSR count). The lowest BCUT2D eigenvalue weighted by molar-refractivity contribution is -0.139. The lowest BCUT2D eigenvalue weighted by atomic mass is 10.2. The Bertz CT molecular complexity index is 762. The van der Waals surface area contributed by atoms with Crippen LogP contribution in [0, 0.1) is 0 Å². The number of hydrogen-bond donors (Lipinski definition) is 2. The van der Waals surface area contributed by atoms with Crippen molar-refractivity contribution in [2.75, 3.05) is 19.8 Å². The third-order valence-electron chi connectivity index (χ3n) is 3.49. The number of carboxylic acid groups (broad SMARTS) is 1. The van der Waals surface area contributed by atoms with Gasteiger partial charge in [-0.1, -0.05) is 18.2 Å². The van der Waals surface area contributed by atoms with E-state index in [9.17, 15) is 9.59 Å². The van der Waals surface area contributed by atoms with Crippen molar-refractivity contribution in [2.45, 2.75) is 20.0 Å². The van der Waals surface area contributed by atoms with Gasteiger partial charge in [-0.3, -0.25) is 4.79 Å². The molecule has 0 aromatic heterocycles. The predicted molar refractivity (Wildman–Crippen MR) is 99.6 cm³/mol. The van der Waals surface area contributed by atoms with Gasteiger partial charge in [-0.2, -0.15) is 0 Å². The minimum absolute atomic E-state index is 0.208. The second-order valence-corrected chi connectivity index (χ2v) is 5.73. The van der Waals surface area contributed by atoms with Crippen LogP contribution in [0.3, 0.4) is 0 Å². The number of rotatable bonds is 10. The van der Waals surface area contributed by atoms with E-state index in [0.717, 1.165) is 5.75 Å². The maximum absolute atomic E-state index is 12.4. The lowest BCUT2D eigenvalue weighted by Crippen LogP contribution is -2.33. The molecule has 0 aliphatic carbocycles. The molecule has 2 aromatic carbocycles. The number of para-hydroxylation sites is 1. The highest BCUT2D eigenvalue weighted by atomic mass is 16.5. The maximum Gasteiger partial charge on any atom is 0.341 e. The Morgan fingerprint density at radius 2 is 1.81 bits per heavy atom. The molecule has 0 heterocycles. The highest BCUT2D eigenvalue weighted by Crippen LogP contribution is 2.28. The first kappa shape index (κ1) is 20.1. The molecule has 0 bridgehead atoms. The summed E-state index contributed by atoms with van der Waals surface area (Å²) in [5, 5.41) is 11.5. The van der Waals surface area contributed by atoms with Crippen molar-refractivity contribution in [3.05, 3.63) is 54.1 Å².